The number of anilines is 1. The predicted octanol–water partition coefficient (Wildman–Crippen LogP) is -0.566. The molecule has 0 atom stereocenters. The number of nitrogens with one attached hydrogen (secondary N) is 1. The van der Waals surface area contributed by atoms with Gasteiger partial charge in [0.05, 0.1) is 12.7 Å². The monoisotopic (exact) mass is 282 g/mol. The third-order valence-corrected chi connectivity index (χ3v) is 2.91. The van der Waals surface area contributed by atoms with Crippen LogP contribution in [-0.4, -0.2) is 41.8 Å². The van der Waals surface area contributed by atoms with Gasteiger partial charge in [-0.3, -0.25) is 9.48 Å². The number of carbonyl (C=O) groups is 1. The highest BCUT2D eigenvalue weighted by Crippen LogP contribution is 2.12. The molecule has 0 fully saturated rings. The van der Waals surface area contributed by atoms with Gasteiger partial charge in [-0.1, -0.05) is 17.0 Å². The number of aryl methyl sites for hydroxylation is 1. The first kappa shape index (κ1) is 13.1. The van der Waals surface area contributed by atoms with Gasteiger partial charge < -0.3 is 15.8 Å². The number of aromatic nitrogens is 5. The Balaban J connectivity index is 1.92. The van der Waals surface area contributed by atoms with Crippen LogP contribution in [0.4, 0.5) is 5.82 Å². The second kappa shape index (κ2) is 5.52. The molecular weight excluding hydrogens is 272 g/mol. The minimum Gasteiger partial charge on any atom is -0.476 e. The Kier molecular flexibility index (Phi) is 3.80. The molecule has 0 aliphatic carbocycles. The lowest BCUT2D eigenvalue weighted by Crippen LogP contribution is -2.10. The molecule has 0 saturated heterocycles. The number of nitrogens with two attached hydrogens (primary N) is 1. The van der Waals surface area contributed by atoms with Crippen LogP contribution < -0.4 is 11.3 Å². The second-order valence-electron chi connectivity index (χ2n) is 3.50. The van der Waals surface area contributed by atoms with E-state index < -0.39 is 5.97 Å². The zero-order chi connectivity index (χ0) is 13.8. The molecule has 0 unspecified atom stereocenters. The highest BCUT2D eigenvalue weighted by Gasteiger charge is 2.08. The lowest BCUT2D eigenvalue weighted by atomic mass is 10.5. The lowest BCUT2D eigenvalue weighted by Gasteiger charge is -2.01. The van der Waals surface area contributed by atoms with Crippen LogP contribution in [0.25, 0.3) is 0 Å². The first-order valence-electron chi connectivity index (χ1n) is 5.17. The summed E-state index contributed by atoms with van der Waals surface area (Å²) >= 11 is 1.28. The SMILES string of the molecule is Nc1cc(=O)[nH]c(SCCn2cc(C(=O)O)nn2)n1. The van der Waals surface area contributed by atoms with E-state index >= 15 is 0 Å². The number of carboxylic acid groups (broad SMARTS) is 1. The molecule has 0 aromatic carbocycles. The van der Waals surface area contributed by atoms with Gasteiger partial charge in [-0.15, -0.1) is 5.10 Å². The average Bonchev–Trinajstić information content (AvgIpc) is 2.76. The number of aromatic amines is 1. The quantitative estimate of drug-likeness (QED) is 0.489. The number of rotatable bonds is 5. The zero-order valence-electron chi connectivity index (χ0n) is 9.61. The van der Waals surface area contributed by atoms with E-state index in [1.807, 2.05) is 0 Å². The fourth-order valence-corrected chi connectivity index (χ4v) is 2.08. The summed E-state index contributed by atoms with van der Waals surface area (Å²) in [6.07, 6.45) is 1.33. The van der Waals surface area contributed by atoms with Gasteiger partial charge >= 0.3 is 5.97 Å². The molecule has 100 valence electrons. The number of aromatic carboxylic acids is 1. The molecule has 0 saturated carbocycles. The molecule has 4 N–H and O–H groups in total. The number of thioether (sulfide) groups is 1. The summed E-state index contributed by atoms with van der Waals surface area (Å²) < 4.78 is 1.40. The lowest BCUT2D eigenvalue weighted by molar-refractivity contribution is 0.0690. The number of nitrogens with zero attached hydrogens (tertiary/aromatic N) is 4. The molecule has 19 heavy (non-hydrogen) atoms. The fraction of sp³-hybridized carbons (Fsp3) is 0.222. The Bertz CT molecular complexity index is 651. The summed E-state index contributed by atoms with van der Waals surface area (Å²) in [5.74, 6) is -0.435. The van der Waals surface area contributed by atoms with E-state index in [-0.39, 0.29) is 17.1 Å². The van der Waals surface area contributed by atoms with E-state index in [9.17, 15) is 9.59 Å². The van der Waals surface area contributed by atoms with Gasteiger partial charge in [0.2, 0.25) is 0 Å². The molecule has 2 aromatic rings. The van der Waals surface area contributed by atoms with E-state index in [1.165, 1.54) is 28.7 Å². The van der Waals surface area contributed by atoms with Crippen molar-refractivity contribution in [3.8, 4) is 0 Å². The summed E-state index contributed by atoms with van der Waals surface area (Å²) in [5, 5.41) is 16.2. The molecule has 10 heteroatoms. The number of hydrogen-bond donors (Lipinski definition) is 3. The van der Waals surface area contributed by atoms with Crippen molar-refractivity contribution in [1.29, 1.82) is 0 Å². The molecule has 2 rings (SSSR count). The van der Waals surface area contributed by atoms with E-state index in [0.29, 0.717) is 17.5 Å². The van der Waals surface area contributed by atoms with Crippen LogP contribution in [0, 0.1) is 0 Å². The Morgan fingerprint density at radius 3 is 3.00 bits per heavy atom. The van der Waals surface area contributed by atoms with Crippen LogP contribution in [0.3, 0.4) is 0 Å². The molecular formula is C9H10N6O3S. The average molecular weight is 282 g/mol. The number of carboxylic acids is 1. The van der Waals surface area contributed by atoms with E-state index in [4.69, 9.17) is 10.8 Å². The van der Waals surface area contributed by atoms with Crippen LogP contribution in [0.1, 0.15) is 10.5 Å². The molecule has 0 aliphatic heterocycles. The van der Waals surface area contributed by atoms with Crippen molar-refractivity contribution in [3.05, 3.63) is 28.3 Å². The minimum atomic E-state index is -1.12. The summed E-state index contributed by atoms with van der Waals surface area (Å²) in [6.45, 7) is 0.434. The summed E-state index contributed by atoms with van der Waals surface area (Å²) in [4.78, 5) is 28.2. The summed E-state index contributed by atoms with van der Waals surface area (Å²) in [6, 6.07) is 1.20. The highest BCUT2D eigenvalue weighted by atomic mass is 32.2. The molecule has 9 nitrogen and oxygen atoms in total. The van der Waals surface area contributed by atoms with Gasteiger partial charge in [-0.25, -0.2) is 9.78 Å². The van der Waals surface area contributed by atoms with Crippen molar-refractivity contribution in [2.24, 2.45) is 0 Å². The molecule has 2 aromatic heterocycles. The summed E-state index contributed by atoms with van der Waals surface area (Å²) in [7, 11) is 0. The first-order chi connectivity index (χ1) is 9.04. The number of H-pyrrole nitrogens is 1. The summed E-state index contributed by atoms with van der Waals surface area (Å²) in [5.41, 5.74) is 5.02. The Morgan fingerprint density at radius 1 is 1.58 bits per heavy atom. The molecule has 0 aliphatic rings. The van der Waals surface area contributed by atoms with Crippen LogP contribution in [0.5, 0.6) is 0 Å². The Labute approximate surface area is 110 Å². The third kappa shape index (κ3) is 3.55. The minimum absolute atomic E-state index is 0.111. The van der Waals surface area contributed by atoms with Crippen molar-refractivity contribution >= 4 is 23.5 Å². The molecule has 0 amide bonds. The van der Waals surface area contributed by atoms with Gasteiger partial charge in [-0.05, 0) is 0 Å². The maximum Gasteiger partial charge on any atom is 0.358 e. The highest BCUT2D eigenvalue weighted by molar-refractivity contribution is 7.99. The molecule has 0 spiro atoms. The number of hydrogen-bond acceptors (Lipinski definition) is 7. The van der Waals surface area contributed by atoms with Crippen molar-refractivity contribution in [3.63, 3.8) is 0 Å². The van der Waals surface area contributed by atoms with Gasteiger partial charge in [-0.2, -0.15) is 0 Å². The maximum absolute atomic E-state index is 11.1. The molecule has 0 bridgehead atoms. The molecule has 0 radical (unpaired) electrons. The van der Waals surface area contributed by atoms with Gasteiger partial charge in [0, 0.05) is 11.8 Å². The van der Waals surface area contributed by atoms with Crippen LogP contribution in [-0.2, 0) is 6.54 Å². The maximum atomic E-state index is 11.1. The van der Waals surface area contributed by atoms with Crippen LogP contribution >= 0.6 is 11.8 Å². The fourth-order valence-electron chi connectivity index (χ4n) is 1.26. The van der Waals surface area contributed by atoms with E-state index in [0.717, 1.165) is 0 Å². The Morgan fingerprint density at radius 2 is 2.37 bits per heavy atom. The Hall–Kier alpha value is -2.36. The zero-order valence-corrected chi connectivity index (χ0v) is 10.4. The third-order valence-electron chi connectivity index (χ3n) is 2.06. The van der Waals surface area contributed by atoms with E-state index in [2.05, 4.69) is 20.3 Å². The molecule has 2 heterocycles. The van der Waals surface area contributed by atoms with E-state index in [1.54, 1.807) is 0 Å². The van der Waals surface area contributed by atoms with Crippen molar-refractivity contribution < 1.29 is 9.90 Å². The largest absolute Gasteiger partial charge is 0.476 e. The second-order valence-corrected chi connectivity index (χ2v) is 4.58. The predicted molar refractivity (Wildman–Crippen MR) is 67.0 cm³/mol. The first-order valence-corrected chi connectivity index (χ1v) is 6.16. The van der Waals surface area contributed by atoms with Crippen LogP contribution in [0.15, 0.2) is 22.2 Å². The topological polar surface area (TPSA) is 140 Å². The standard InChI is InChI=1S/C9H10N6O3S/c10-6-3-7(16)12-9(11-6)19-2-1-15-4-5(8(17)18)13-14-15/h3-4H,1-2H2,(H,17,18)(H3,10,11,12,16). The van der Waals surface area contributed by atoms with Crippen molar-refractivity contribution in [2.45, 2.75) is 11.7 Å². The van der Waals surface area contributed by atoms with Gasteiger partial charge in [0.25, 0.3) is 5.56 Å². The van der Waals surface area contributed by atoms with Crippen molar-refractivity contribution in [1.82, 2.24) is 25.0 Å². The van der Waals surface area contributed by atoms with Crippen molar-refractivity contribution in [2.75, 3.05) is 11.5 Å². The number of nitrogen functional groups attached to an aromatic ring is 1. The van der Waals surface area contributed by atoms with Gasteiger partial charge in [0.15, 0.2) is 10.9 Å². The van der Waals surface area contributed by atoms with Gasteiger partial charge in [0.1, 0.15) is 5.82 Å². The van der Waals surface area contributed by atoms with Crippen LogP contribution in [0.2, 0.25) is 0 Å². The smallest absolute Gasteiger partial charge is 0.358 e. The normalized spacial score (nSPS) is 10.5.